The van der Waals surface area contributed by atoms with Gasteiger partial charge in [0.25, 0.3) is 0 Å². The summed E-state index contributed by atoms with van der Waals surface area (Å²) in [5, 5.41) is 10.3. The van der Waals surface area contributed by atoms with Crippen LogP contribution in [0.1, 0.15) is 16.8 Å². The molecule has 1 amide bonds. The highest BCUT2D eigenvalue weighted by molar-refractivity contribution is 5.97. The van der Waals surface area contributed by atoms with Crippen molar-refractivity contribution in [3.8, 4) is 11.1 Å². The second kappa shape index (κ2) is 7.87. The molecule has 5 heterocycles. The topological polar surface area (TPSA) is 95.3 Å². The second-order valence-electron chi connectivity index (χ2n) is 9.17. The maximum Gasteiger partial charge on any atom is 0.416 e. The maximum absolute atomic E-state index is 13.3. The van der Waals surface area contributed by atoms with Gasteiger partial charge >= 0.3 is 12.3 Å². The minimum Gasteiger partial charge on any atom is -0.465 e. The lowest BCUT2D eigenvalue weighted by atomic mass is 9.76. The number of halogens is 3. The predicted octanol–water partition coefficient (Wildman–Crippen LogP) is 4.36. The van der Waals surface area contributed by atoms with Gasteiger partial charge < -0.3 is 14.9 Å². The zero-order valence-corrected chi connectivity index (χ0v) is 18.8. The molecule has 0 bridgehead atoms. The summed E-state index contributed by atoms with van der Waals surface area (Å²) < 4.78 is 40.0. The Morgan fingerprint density at radius 1 is 1.03 bits per heavy atom. The minimum atomic E-state index is -4.46. The van der Waals surface area contributed by atoms with Gasteiger partial charge in [0.1, 0.15) is 6.33 Å². The smallest absolute Gasteiger partial charge is 0.416 e. The Labute approximate surface area is 203 Å². The molecule has 2 aliphatic rings. The number of anilines is 1. The molecule has 1 N–H and O–H groups in total. The van der Waals surface area contributed by atoms with E-state index >= 15 is 0 Å². The van der Waals surface area contributed by atoms with Gasteiger partial charge in [0.05, 0.1) is 35.1 Å². The lowest BCUT2D eigenvalue weighted by Crippen LogP contribution is -2.62. The molecule has 1 aromatic carbocycles. The normalized spacial score (nSPS) is 16.3. The first-order valence-corrected chi connectivity index (χ1v) is 11.2. The van der Waals surface area contributed by atoms with E-state index in [0.29, 0.717) is 53.8 Å². The third kappa shape index (κ3) is 3.50. The van der Waals surface area contributed by atoms with Crippen molar-refractivity contribution in [3.63, 3.8) is 0 Å². The summed E-state index contributed by atoms with van der Waals surface area (Å²) >= 11 is 0. The molecule has 8 nitrogen and oxygen atoms in total. The number of hydrogen-bond acceptors (Lipinski definition) is 6. The number of carbonyl (C=O) groups is 1. The highest BCUT2D eigenvalue weighted by Crippen LogP contribution is 2.47. The number of hydrogen-bond donors (Lipinski definition) is 1. The Balaban J connectivity index is 1.43. The molecule has 0 unspecified atom stereocenters. The molecule has 3 aromatic heterocycles. The van der Waals surface area contributed by atoms with Crippen LogP contribution in [0.25, 0.3) is 21.9 Å². The predicted molar refractivity (Wildman–Crippen MR) is 124 cm³/mol. The van der Waals surface area contributed by atoms with Crippen molar-refractivity contribution in [2.75, 3.05) is 24.5 Å². The van der Waals surface area contributed by atoms with Crippen molar-refractivity contribution < 1.29 is 23.1 Å². The first kappa shape index (κ1) is 22.2. The van der Waals surface area contributed by atoms with Crippen molar-refractivity contribution in [2.45, 2.75) is 18.1 Å². The number of carboxylic acid groups (broad SMARTS) is 1. The van der Waals surface area contributed by atoms with Gasteiger partial charge in [0.2, 0.25) is 0 Å². The van der Waals surface area contributed by atoms with Crippen LogP contribution in [0.4, 0.5) is 23.7 Å². The van der Waals surface area contributed by atoms with E-state index < -0.39 is 17.8 Å². The van der Waals surface area contributed by atoms with Crippen molar-refractivity contribution >= 4 is 22.6 Å². The van der Waals surface area contributed by atoms with E-state index in [2.05, 4.69) is 24.8 Å². The summed E-state index contributed by atoms with van der Waals surface area (Å²) in [6.07, 6.45) is 4.12. The summed E-state index contributed by atoms with van der Waals surface area (Å²) in [5.74, 6) is 0. The van der Waals surface area contributed by atoms with Crippen molar-refractivity contribution in [1.82, 2.24) is 24.8 Å². The quantitative estimate of drug-likeness (QED) is 0.454. The summed E-state index contributed by atoms with van der Waals surface area (Å²) in [4.78, 5) is 32.0. The van der Waals surface area contributed by atoms with E-state index in [1.54, 1.807) is 24.8 Å². The molecule has 0 aliphatic carbocycles. The van der Waals surface area contributed by atoms with Crippen LogP contribution >= 0.6 is 0 Å². The van der Waals surface area contributed by atoms with E-state index in [1.807, 2.05) is 6.07 Å². The molecular formula is C25H19F3N6O2. The Kier molecular flexibility index (Phi) is 4.85. The Bertz CT molecular complexity index is 1490. The van der Waals surface area contributed by atoms with Crippen molar-refractivity contribution in [3.05, 3.63) is 78.4 Å². The molecule has 2 aliphatic heterocycles. The third-order valence-corrected chi connectivity index (χ3v) is 6.95. The summed E-state index contributed by atoms with van der Waals surface area (Å²) in [5.41, 5.74) is 2.82. The maximum atomic E-state index is 13.3. The van der Waals surface area contributed by atoms with E-state index in [9.17, 15) is 23.1 Å². The second-order valence-corrected chi connectivity index (χ2v) is 9.17. The number of alkyl halides is 3. The first-order valence-electron chi connectivity index (χ1n) is 11.2. The average Bonchev–Trinajstić information content (AvgIpc) is 3.17. The Morgan fingerprint density at radius 3 is 2.53 bits per heavy atom. The summed E-state index contributed by atoms with van der Waals surface area (Å²) in [7, 11) is 0. The monoisotopic (exact) mass is 492 g/mol. The minimum absolute atomic E-state index is 0.328. The molecule has 0 atom stereocenters. The van der Waals surface area contributed by atoms with Gasteiger partial charge in [-0.15, -0.1) is 0 Å². The SMILES string of the molecule is O=C(O)N1CC2(C1)CN(Cc1ncc3cc(C(F)(F)F)ccc3c1-c1cncnc1)c1cnccc12. The molecular weight excluding hydrogens is 473 g/mol. The Hall–Kier alpha value is -4.28. The molecule has 0 saturated carbocycles. The lowest BCUT2D eigenvalue weighted by Gasteiger charge is -2.46. The zero-order valence-electron chi connectivity index (χ0n) is 18.8. The molecule has 1 saturated heterocycles. The summed E-state index contributed by atoms with van der Waals surface area (Å²) in [6, 6.07) is 5.55. The zero-order chi connectivity index (χ0) is 25.1. The molecule has 1 fully saturated rings. The number of pyridine rings is 2. The van der Waals surface area contributed by atoms with Crippen LogP contribution in [-0.4, -0.2) is 55.7 Å². The fraction of sp³-hybridized carbons (Fsp3) is 0.240. The van der Waals surface area contributed by atoms with Crippen LogP contribution in [0.3, 0.4) is 0 Å². The number of amides is 1. The van der Waals surface area contributed by atoms with Gasteiger partial charge in [-0.05, 0) is 29.1 Å². The summed E-state index contributed by atoms with van der Waals surface area (Å²) in [6.45, 7) is 1.71. The third-order valence-electron chi connectivity index (χ3n) is 6.95. The molecule has 1 spiro atoms. The van der Waals surface area contributed by atoms with Crippen LogP contribution in [0.15, 0.2) is 61.6 Å². The highest BCUT2D eigenvalue weighted by Gasteiger charge is 2.52. The number of aromatic nitrogens is 4. The molecule has 4 aromatic rings. The molecule has 36 heavy (non-hydrogen) atoms. The van der Waals surface area contributed by atoms with Crippen molar-refractivity contribution in [2.24, 2.45) is 0 Å². The van der Waals surface area contributed by atoms with Gasteiger partial charge in [-0.3, -0.25) is 9.97 Å². The average molecular weight is 492 g/mol. The van der Waals surface area contributed by atoms with Crippen LogP contribution in [0.5, 0.6) is 0 Å². The number of likely N-dealkylation sites (tertiary alicyclic amines) is 1. The van der Waals surface area contributed by atoms with Crippen molar-refractivity contribution in [1.29, 1.82) is 0 Å². The number of benzene rings is 1. The number of rotatable bonds is 3. The van der Waals surface area contributed by atoms with Crippen LogP contribution < -0.4 is 4.90 Å². The molecule has 11 heteroatoms. The number of nitrogens with zero attached hydrogens (tertiary/aromatic N) is 6. The van der Waals surface area contributed by atoms with Crippen LogP contribution in [-0.2, 0) is 18.1 Å². The fourth-order valence-electron chi connectivity index (χ4n) is 5.35. The van der Waals surface area contributed by atoms with Gasteiger partial charge in [-0.1, -0.05) is 6.07 Å². The van der Waals surface area contributed by atoms with Gasteiger partial charge in [-0.25, -0.2) is 14.8 Å². The number of fused-ring (bicyclic) bond motifs is 3. The Morgan fingerprint density at radius 2 is 1.81 bits per heavy atom. The van der Waals surface area contributed by atoms with Crippen LogP contribution in [0.2, 0.25) is 0 Å². The molecule has 6 rings (SSSR count). The lowest BCUT2D eigenvalue weighted by molar-refractivity contribution is -0.137. The standard InChI is InChI=1S/C25H19F3N6O2/c26-25(27,28)17-1-2-18-15(5-17)8-32-20(22(18)16-6-30-14-31-7-16)10-33-11-24(12-34(13-24)23(35)36)19-3-4-29-9-21(19)33/h1-9,14H,10-13H2,(H,35,36). The fourth-order valence-corrected chi connectivity index (χ4v) is 5.35. The largest absolute Gasteiger partial charge is 0.465 e. The first-order chi connectivity index (χ1) is 17.2. The van der Waals surface area contributed by atoms with E-state index in [0.717, 1.165) is 23.4 Å². The van der Waals surface area contributed by atoms with Gasteiger partial charge in [0.15, 0.2) is 0 Å². The van der Waals surface area contributed by atoms with E-state index in [-0.39, 0.29) is 5.41 Å². The van der Waals surface area contributed by atoms with E-state index in [1.165, 1.54) is 23.5 Å². The van der Waals surface area contributed by atoms with Gasteiger partial charge in [-0.2, -0.15) is 13.2 Å². The molecule has 182 valence electrons. The van der Waals surface area contributed by atoms with E-state index in [4.69, 9.17) is 0 Å². The molecule has 0 radical (unpaired) electrons. The van der Waals surface area contributed by atoms with Crippen LogP contribution in [0, 0.1) is 0 Å². The highest BCUT2D eigenvalue weighted by atomic mass is 19.4. The van der Waals surface area contributed by atoms with Gasteiger partial charge in [0, 0.05) is 60.9 Å².